The number of carbonyl (C=O) groups excluding carboxylic acids is 3. The minimum Gasteiger partial charge on any atom is -0.481 e. The van der Waals surface area contributed by atoms with Crippen LogP contribution in [-0.2, 0) is 29.0 Å². The van der Waals surface area contributed by atoms with Crippen LogP contribution in [0.5, 0.6) is 0 Å². The van der Waals surface area contributed by atoms with Crippen LogP contribution in [0.2, 0.25) is 0 Å². The Kier molecular flexibility index (Phi) is 14.2. The predicted octanol–water partition coefficient (Wildman–Crippen LogP) is 3.65. The molecule has 7 N–H and O–H groups in total. The number of alkyl carbamates (subject to hydrolysis) is 1. The molecule has 1 aliphatic rings. The molecule has 0 aromatic heterocycles. The summed E-state index contributed by atoms with van der Waals surface area (Å²) in [7, 11) is -3.86. The van der Waals surface area contributed by atoms with Gasteiger partial charge in [-0.2, -0.15) is 0 Å². The summed E-state index contributed by atoms with van der Waals surface area (Å²) in [6, 6.07) is 13.4. The van der Waals surface area contributed by atoms with E-state index in [1.54, 1.807) is 6.92 Å². The number of rotatable bonds is 18. The van der Waals surface area contributed by atoms with Gasteiger partial charge in [0.15, 0.2) is 21.6 Å². The van der Waals surface area contributed by atoms with Gasteiger partial charge in [0.05, 0.1) is 18.5 Å². The summed E-state index contributed by atoms with van der Waals surface area (Å²) in [6.45, 7) is 3.81. The van der Waals surface area contributed by atoms with Crippen LogP contribution in [-0.4, -0.2) is 74.7 Å². The van der Waals surface area contributed by atoms with E-state index in [0.717, 1.165) is 34.6 Å². The van der Waals surface area contributed by atoms with Gasteiger partial charge in [-0.1, -0.05) is 80.4 Å². The standard InChI is InChI=1S/C34H44ClN5O8S/c1-4-20(2)26(32(44)39-21(17-31(42)43)16-30(35)49(3,46)47)18-29(41)28(14-9-15-38-33(36)37)40-34(45)48-19-27-24-12-7-5-10-22(24)23-11-6-8-13-25(23)27/h5-8,10-13,16,20-21,26-28H,4,9,14-15,17-19H2,1-3H3,(H,39,44)(H,40,45)(H,42,43)(H4,36,37,38)/b30-16+/t20?,21-,26+,28+/m1/s1. The van der Waals surface area contributed by atoms with Crippen molar-refractivity contribution in [1.82, 2.24) is 10.6 Å². The molecule has 1 aliphatic carbocycles. The van der Waals surface area contributed by atoms with Gasteiger partial charge in [-0.05, 0) is 47.1 Å². The zero-order valence-electron chi connectivity index (χ0n) is 27.7. The Bertz CT molecular complexity index is 1650. The molecule has 0 aliphatic heterocycles. The minimum absolute atomic E-state index is 0.0290. The number of carboxylic acids is 1. The molecule has 266 valence electrons. The van der Waals surface area contributed by atoms with Gasteiger partial charge in [-0.25, -0.2) is 13.2 Å². The lowest BCUT2D eigenvalue weighted by Crippen LogP contribution is -2.46. The molecule has 0 radical (unpaired) electrons. The van der Waals surface area contributed by atoms with E-state index in [-0.39, 0.29) is 43.8 Å². The lowest BCUT2D eigenvalue weighted by atomic mass is 9.84. The van der Waals surface area contributed by atoms with Crippen molar-refractivity contribution in [2.24, 2.45) is 28.3 Å². The Morgan fingerprint density at radius 1 is 1.02 bits per heavy atom. The SMILES string of the molecule is CCC(C)[C@H](CC(=O)[C@H](CCCN=C(N)N)NC(=O)OCC1c2ccccc2-c2ccccc21)C(=O)N[C@H](/C=C(\Cl)S(C)(=O)=O)CC(=O)O. The third kappa shape index (κ3) is 11.3. The van der Waals surface area contributed by atoms with E-state index < -0.39 is 62.4 Å². The number of Topliss-reactive ketones (excluding diaryl/α,β-unsaturated/α-hetero) is 1. The summed E-state index contributed by atoms with van der Waals surface area (Å²) >= 11 is 5.86. The molecule has 0 fully saturated rings. The number of carboxylic acid groups (broad SMARTS) is 1. The second-order valence-corrected chi connectivity index (χ2v) is 14.7. The highest BCUT2D eigenvalue weighted by atomic mass is 35.5. The van der Waals surface area contributed by atoms with E-state index in [9.17, 15) is 32.7 Å². The summed E-state index contributed by atoms with van der Waals surface area (Å²) < 4.78 is 28.7. The molecule has 0 saturated carbocycles. The Morgan fingerprint density at radius 3 is 2.14 bits per heavy atom. The molecule has 2 amide bonds. The maximum absolute atomic E-state index is 13.8. The lowest BCUT2D eigenvalue weighted by molar-refractivity contribution is -0.138. The number of nitrogens with two attached hydrogens (primary N) is 2. The number of aliphatic carboxylic acids is 1. The molecular formula is C34H44ClN5O8S. The highest BCUT2D eigenvalue weighted by Crippen LogP contribution is 2.44. The van der Waals surface area contributed by atoms with Gasteiger partial charge in [0.25, 0.3) is 0 Å². The fourth-order valence-electron chi connectivity index (χ4n) is 5.71. The van der Waals surface area contributed by atoms with Crippen LogP contribution < -0.4 is 22.1 Å². The maximum Gasteiger partial charge on any atom is 0.407 e. The third-order valence-corrected chi connectivity index (χ3v) is 10.3. The number of guanidine groups is 1. The smallest absolute Gasteiger partial charge is 0.407 e. The van der Waals surface area contributed by atoms with E-state index in [2.05, 4.69) is 15.6 Å². The van der Waals surface area contributed by atoms with Crippen LogP contribution in [0.4, 0.5) is 4.79 Å². The second kappa shape index (κ2) is 17.8. The monoisotopic (exact) mass is 717 g/mol. The molecule has 0 spiro atoms. The summed E-state index contributed by atoms with van der Waals surface area (Å²) in [5.41, 5.74) is 15.0. The van der Waals surface area contributed by atoms with Gasteiger partial charge in [0.1, 0.15) is 11.0 Å². The number of halogens is 1. The molecule has 0 heterocycles. The Labute approximate surface area is 291 Å². The molecule has 0 bridgehead atoms. The van der Waals surface area contributed by atoms with Crippen molar-refractivity contribution in [1.29, 1.82) is 0 Å². The molecule has 13 nitrogen and oxygen atoms in total. The zero-order valence-corrected chi connectivity index (χ0v) is 29.3. The van der Waals surface area contributed by atoms with Gasteiger partial charge in [0.2, 0.25) is 5.91 Å². The molecule has 49 heavy (non-hydrogen) atoms. The van der Waals surface area contributed by atoms with Crippen molar-refractivity contribution < 1.29 is 37.4 Å². The normalized spacial score (nSPS) is 15.1. The topological polar surface area (TPSA) is 220 Å². The molecule has 15 heteroatoms. The number of nitrogens with one attached hydrogen (secondary N) is 2. The van der Waals surface area contributed by atoms with E-state index in [1.165, 1.54) is 0 Å². The zero-order chi connectivity index (χ0) is 36.3. The number of carbonyl (C=O) groups is 4. The van der Waals surface area contributed by atoms with Crippen molar-refractivity contribution >= 4 is 51.2 Å². The number of fused-ring (bicyclic) bond motifs is 3. The number of hydrogen-bond donors (Lipinski definition) is 5. The van der Waals surface area contributed by atoms with Crippen LogP contribution in [0.25, 0.3) is 11.1 Å². The van der Waals surface area contributed by atoms with Gasteiger partial charge in [-0.3, -0.25) is 19.4 Å². The average Bonchev–Trinajstić information content (AvgIpc) is 3.36. The largest absolute Gasteiger partial charge is 0.481 e. The number of aliphatic imine (C=N–C) groups is 1. The Balaban J connectivity index is 1.77. The first-order valence-electron chi connectivity index (χ1n) is 15.9. The average molecular weight is 718 g/mol. The van der Waals surface area contributed by atoms with Crippen LogP contribution >= 0.6 is 11.6 Å². The van der Waals surface area contributed by atoms with Gasteiger partial charge < -0.3 is 31.9 Å². The van der Waals surface area contributed by atoms with E-state index >= 15 is 0 Å². The number of sulfone groups is 1. The van der Waals surface area contributed by atoms with E-state index in [0.29, 0.717) is 12.8 Å². The quantitative estimate of drug-likeness (QED) is 0.0856. The van der Waals surface area contributed by atoms with E-state index in [1.807, 2.05) is 55.5 Å². The fourth-order valence-corrected chi connectivity index (χ4v) is 6.27. The van der Waals surface area contributed by atoms with Crippen LogP contribution in [0.15, 0.2) is 64.0 Å². The molecule has 2 aromatic carbocycles. The summed E-state index contributed by atoms with van der Waals surface area (Å²) in [5, 5.41) is 14.5. The van der Waals surface area contributed by atoms with Crippen LogP contribution in [0.1, 0.15) is 63.0 Å². The fraction of sp³-hybridized carbons (Fsp3) is 0.441. The number of ether oxygens (including phenoxy) is 1. The molecular weight excluding hydrogens is 674 g/mol. The summed E-state index contributed by atoms with van der Waals surface area (Å²) in [5.74, 6) is -4.03. The number of hydrogen-bond acceptors (Lipinski definition) is 8. The highest BCUT2D eigenvalue weighted by Gasteiger charge is 2.33. The van der Waals surface area contributed by atoms with Gasteiger partial charge >= 0.3 is 12.1 Å². The van der Waals surface area contributed by atoms with Gasteiger partial charge in [-0.15, -0.1) is 0 Å². The highest BCUT2D eigenvalue weighted by molar-refractivity contribution is 7.96. The summed E-state index contributed by atoms with van der Waals surface area (Å²) in [4.78, 5) is 55.8. The maximum atomic E-state index is 13.8. The number of ketones is 1. The van der Waals surface area contributed by atoms with Crippen LogP contribution in [0.3, 0.4) is 0 Å². The predicted molar refractivity (Wildman–Crippen MR) is 187 cm³/mol. The molecule has 3 rings (SSSR count). The lowest BCUT2D eigenvalue weighted by Gasteiger charge is -2.26. The number of amides is 2. The van der Waals surface area contributed by atoms with Gasteiger partial charge in [0, 0.05) is 31.1 Å². The minimum atomic E-state index is -3.86. The first-order valence-corrected chi connectivity index (χ1v) is 18.2. The Hall–Kier alpha value is -4.43. The number of benzene rings is 2. The van der Waals surface area contributed by atoms with Crippen molar-refractivity contribution in [2.75, 3.05) is 19.4 Å². The first kappa shape index (κ1) is 39.0. The third-order valence-electron chi connectivity index (χ3n) is 8.47. The van der Waals surface area contributed by atoms with Crippen molar-refractivity contribution in [3.05, 3.63) is 70.1 Å². The molecule has 0 saturated heterocycles. The molecule has 4 atom stereocenters. The van der Waals surface area contributed by atoms with E-state index in [4.69, 9.17) is 27.8 Å². The molecule has 2 aromatic rings. The first-order chi connectivity index (χ1) is 23.1. The van der Waals surface area contributed by atoms with Crippen molar-refractivity contribution in [2.45, 2.75) is 64.0 Å². The second-order valence-electron chi connectivity index (χ2n) is 12.1. The van der Waals surface area contributed by atoms with Crippen LogP contribution in [0, 0.1) is 11.8 Å². The summed E-state index contributed by atoms with van der Waals surface area (Å²) in [6.07, 6.45) is 0.997. The Morgan fingerprint density at radius 2 is 1.61 bits per heavy atom. The molecule has 1 unspecified atom stereocenters. The van der Waals surface area contributed by atoms with Crippen molar-refractivity contribution in [3.8, 4) is 11.1 Å². The number of nitrogens with zero attached hydrogens (tertiary/aromatic N) is 1. The van der Waals surface area contributed by atoms with Crippen molar-refractivity contribution in [3.63, 3.8) is 0 Å².